The molecule has 1 heterocycles. The van der Waals surface area contributed by atoms with Gasteiger partial charge < -0.3 is 10.6 Å². The van der Waals surface area contributed by atoms with E-state index in [2.05, 4.69) is 67.7 Å². The second-order valence-corrected chi connectivity index (χ2v) is 5.28. The first-order chi connectivity index (χ1) is 9.74. The summed E-state index contributed by atoms with van der Waals surface area (Å²) in [5.41, 5.74) is 2.37. The number of aryl methyl sites for hydroxylation is 1. The first-order valence-corrected chi connectivity index (χ1v) is 7.64. The van der Waals surface area contributed by atoms with Gasteiger partial charge in [-0.15, -0.1) is 0 Å². The highest BCUT2D eigenvalue weighted by Crippen LogP contribution is 2.28. The number of benzene rings is 1. The van der Waals surface area contributed by atoms with E-state index >= 15 is 0 Å². The molecule has 0 saturated heterocycles. The van der Waals surface area contributed by atoms with E-state index in [1.165, 1.54) is 5.56 Å². The number of nitrogens with one attached hydrogen (secondary N) is 2. The first-order valence-electron chi connectivity index (χ1n) is 6.85. The predicted octanol–water partition coefficient (Wildman–Crippen LogP) is 4.37. The van der Waals surface area contributed by atoms with Crippen molar-refractivity contribution in [2.45, 2.75) is 26.7 Å². The summed E-state index contributed by atoms with van der Waals surface area (Å²) in [5, 5.41) is 6.49. The lowest BCUT2D eigenvalue weighted by molar-refractivity contribution is 0.922. The third-order valence-electron chi connectivity index (χ3n) is 2.89. The fourth-order valence-corrected chi connectivity index (χ4v) is 2.37. The van der Waals surface area contributed by atoms with Gasteiger partial charge in [-0.2, -0.15) is 0 Å². The van der Waals surface area contributed by atoms with Crippen molar-refractivity contribution in [2.24, 2.45) is 0 Å². The molecule has 2 N–H and O–H groups in total. The standard InChI is InChI=1S/C15H19BrN4/c1-3-5-11-6-8-12(9-7-11)20-15-13(16)14(17-4-2)18-10-19-15/h6-10H,3-5H2,1-2H3,(H2,17,18,19,20). The van der Waals surface area contributed by atoms with Crippen molar-refractivity contribution in [3.63, 3.8) is 0 Å². The molecule has 2 rings (SSSR count). The maximum atomic E-state index is 4.27. The molecular weight excluding hydrogens is 316 g/mol. The molecule has 2 aromatic rings. The Morgan fingerprint density at radius 3 is 2.40 bits per heavy atom. The van der Waals surface area contributed by atoms with Crippen LogP contribution in [0.15, 0.2) is 35.1 Å². The topological polar surface area (TPSA) is 49.8 Å². The van der Waals surface area contributed by atoms with Gasteiger partial charge in [-0.05, 0) is 47.0 Å². The van der Waals surface area contributed by atoms with Gasteiger partial charge in [-0.25, -0.2) is 9.97 Å². The number of anilines is 3. The normalized spacial score (nSPS) is 10.3. The Balaban J connectivity index is 2.15. The Kier molecular flexibility index (Phi) is 5.35. The average Bonchev–Trinajstić information content (AvgIpc) is 2.46. The summed E-state index contributed by atoms with van der Waals surface area (Å²) < 4.78 is 0.847. The van der Waals surface area contributed by atoms with E-state index in [4.69, 9.17) is 0 Å². The van der Waals surface area contributed by atoms with Gasteiger partial charge in [0.05, 0.1) is 0 Å². The van der Waals surface area contributed by atoms with Gasteiger partial charge >= 0.3 is 0 Å². The molecule has 0 bridgehead atoms. The van der Waals surface area contributed by atoms with Gasteiger partial charge in [0.1, 0.15) is 22.4 Å². The fraction of sp³-hybridized carbons (Fsp3) is 0.333. The van der Waals surface area contributed by atoms with Crippen LogP contribution >= 0.6 is 15.9 Å². The van der Waals surface area contributed by atoms with Gasteiger partial charge in [0.15, 0.2) is 0 Å². The maximum Gasteiger partial charge on any atom is 0.150 e. The molecule has 0 fully saturated rings. The zero-order chi connectivity index (χ0) is 14.4. The second-order valence-electron chi connectivity index (χ2n) is 4.49. The summed E-state index contributed by atoms with van der Waals surface area (Å²) in [7, 11) is 0. The van der Waals surface area contributed by atoms with E-state index < -0.39 is 0 Å². The van der Waals surface area contributed by atoms with E-state index in [9.17, 15) is 0 Å². The molecule has 1 aromatic carbocycles. The summed E-state index contributed by atoms with van der Waals surface area (Å²) in [6.45, 7) is 5.04. The van der Waals surface area contributed by atoms with E-state index in [0.29, 0.717) is 0 Å². The van der Waals surface area contributed by atoms with E-state index in [1.54, 1.807) is 6.33 Å². The quantitative estimate of drug-likeness (QED) is 0.823. The molecular formula is C15H19BrN4. The van der Waals surface area contributed by atoms with Crippen LogP contribution in [-0.2, 0) is 6.42 Å². The van der Waals surface area contributed by atoms with Crippen molar-refractivity contribution in [3.05, 3.63) is 40.6 Å². The smallest absolute Gasteiger partial charge is 0.150 e. The van der Waals surface area contributed by atoms with Crippen LogP contribution in [0.2, 0.25) is 0 Å². The van der Waals surface area contributed by atoms with Gasteiger partial charge in [-0.3, -0.25) is 0 Å². The van der Waals surface area contributed by atoms with Crippen LogP contribution < -0.4 is 10.6 Å². The molecule has 0 amide bonds. The van der Waals surface area contributed by atoms with Crippen LogP contribution in [0.1, 0.15) is 25.8 Å². The minimum atomic E-state index is 0.763. The van der Waals surface area contributed by atoms with Crippen molar-refractivity contribution < 1.29 is 0 Å². The van der Waals surface area contributed by atoms with Crippen LogP contribution in [-0.4, -0.2) is 16.5 Å². The Morgan fingerprint density at radius 1 is 1.05 bits per heavy atom. The Morgan fingerprint density at radius 2 is 1.75 bits per heavy atom. The van der Waals surface area contributed by atoms with Gasteiger partial charge in [0, 0.05) is 12.2 Å². The summed E-state index contributed by atoms with van der Waals surface area (Å²) >= 11 is 3.53. The molecule has 0 unspecified atom stereocenters. The van der Waals surface area contributed by atoms with Gasteiger partial charge in [0.25, 0.3) is 0 Å². The number of aromatic nitrogens is 2. The summed E-state index contributed by atoms with van der Waals surface area (Å²) in [5.74, 6) is 1.56. The number of rotatable bonds is 6. The van der Waals surface area contributed by atoms with Crippen molar-refractivity contribution in [1.82, 2.24) is 9.97 Å². The molecule has 0 aliphatic carbocycles. The molecule has 5 heteroatoms. The third kappa shape index (κ3) is 3.70. The number of nitrogens with zero attached hydrogens (tertiary/aromatic N) is 2. The van der Waals surface area contributed by atoms with Crippen LogP contribution in [0.5, 0.6) is 0 Å². The number of hydrogen-bond donors (Lipinski definition) is 2. The van der Waals surface area contributed by atoms with Gasteiger partial charge in [0.2, 0.25) is 0 Å². The molecule has 106 valence electrons. The highest BCUT2D eigenvalue weighted by Gasteiger charge is 2.08. The molecule has 20 heavy (non-hydrogen) atoms. The molecule has 0 radical (unpaired) electrons. The van der Waals surface area contributed by atoms with Crippen molar-refractivity contribution >= 4 is 33.3 Å². The average molecular weight is 335 g/mol. The molecule has 0 aliphatic rings. The SMILES string of the molecule is CCCc1ccc(Nc2ncnc(NCC)c2Br)cc1. The molecule has 0 spiro atoms. The molecule has 0 aliphatic heterocycles. The predicted molar refractivity (Wildman–Crippen MR) is 87.6 cm³/mol. The first kappa shape index (κ1) is 14.8. The van der Waals surface area contributed by atoms with Crippen molar-refractivity contribution in [1.29, 1.82) is 0 Å². The van der Waals surface area contributed by atoms with E-state index in [-0.39, 0.29) is 0 Å². The van der Waals surface area contributed by atoms with Crippen LogP contribution in [0, 0.1) is 0 Å². The Hall–Kier alpha value is -1.62. The minimum absolute atomic E-state index is 0.763. The lowest BCUT2D eigenvalue weighted by atomic mass is 10.1. The monoisotopic (exact) mass is 334 g/mol. The molecule has 0 saturated carbocycles. The highest BCUT2D eigenvalue weighted by molar-refractivity contribution is 9.10. The van der Waals surface area contributed by atoms with Crippen LogP contribution in [0.4, 0.5) is 17.3 Å². The Bertz CT molecular complexity index is 554. The lowest BCUT2D eigenvalue weighted by Gasteiger charge is -2.11. The van der Waals surface area contributed by atoms with E-state index in [1.807, 2.05) is 6.92 Å². The lowest BCUT2D eigenvalue weighted by Crippen LogP contribution is -2.03. The summed E-state index contributed by atoms with van der Waals surface area (Å²) in [4.78, 5) is 8.47. The number of hydrogen-bond acceptors (Lipinski definition) is 4. The molecule has 0 atom stereocenters. The third-order valence-corrected chi connectivity index (χ3v) is 3.64. The second kappa shape index (κ2) is 7.24. The summed E-state index contributed by atoms with van der Waals surface area (Å²) in [6.07, 6.45) is 3.83. The summed E-state index contributed by atoms with van der Waals surface area (Å²) in [6, 6.07) is 8.44. The molecule has 1 aromatic heterocycles. The maximum absolute atomic E-state index is 4.27. The van der Waals surface area contributed by atoms with Crippen molar-refractivity contribution in [3.8, 4) is 0 Å². The Labute approximate surface area is 128 Å². The zero-order valence-electron chi connectivity index (χ0n) is 11.8. The van der Waals surface area contributed by atoms with Gasteiger partial charge in [-0.1, -0.05) is 25.5 Å². The van der Waals surface area contributed by atoms with E-state index in [0.717, 1.165) is 41.2 Å². The minimum Gasteiger partial charge on any atom is -0.369 e. The fourth-order valence-electron chi connectivity index (χ4n) is 1.93. The zero-order valence-corrected chi connectivity index (χ0v) is 13.4. The highest BCUT2D eigenvalue weighted by atomic mass is 79.9. The largest absolute Gasteiger partial charge is 0.369 e. The van der Waals surface area contributed by atoms with Crippen LogP contribution in [0.25, 0.3) is 0 Å². The van der Waals surface area contributed by atoms with Crippen LogP contribution in [0.3, 0.4) is 0 Å². The molecule has 4 nitrogen and oxygen atoms in total. The van der Waals surface area contributed by atoms with Crippen molar-refractivity contribution in [2.75, 3.05) is 17.2 Å². The number of halogens is 1.